The normalized spacial score (nSPS) is 13.2. The van der Waals surface area contributed by atoms with Crippen LogP contribution in [0.3, 0.4) is 0 Å². The summed E-state index contributed by atoms with van der Waals surface area (Å²) in [7, 11) is 1.22. The van der Waals surface area contributed by atoms with E-state index in [4.69, 9.17) is 15.3 Å². The number of hydrogen-bond donors (Lipinski definition) is 1. The van der Waals surface area contributed by atoms with E-state index in [1.807, 2.05) is 0 Å². The van der Waals surface area contributed by atoms with Gasteiger partial charge in [-0.05, 0) is 18.2 Å². The summed E-state index contributed by atoms with van der Waals surface area (Å²) < 4.78 is 9.90. The van der Waals surface area contributed by atoms with Crippen LogP contribution in [0.5, 0.6) is 0 Å². The second kappa shape index (κ2) is 8.43. The summed E-state index contributed by atoms with van der Waals surface area (Å²) in [5, 5.41) is 21.1. The summed E-state index contributed by atoms with van der Waals surface area (Å²) in [5.41, 5.74) is 2.68. The predicted octanol–water partition coefficient (Wildman–Crippen LogP) is 0.761. The van der Waals surface area contributed by atoms with Crippen LogP contribution >= 0.6 is 0 Å². The Hall–Kier alpha value is -3.43. The number of hydrazone groups is 1. The first-order valence-electron chi connectivity index (χ1n) is 7.34. The third-order valence-electron chi connectivity index (χ3n) is 3.47. The van der Waals surface area contributed by atoms with Crippen LogP contribution in [0.4, 0.5) is 5.69 Å². The quantitative estimate of drug-likeness (QED) is 0.486. The van der Waals surface area contributed by atoms with Crippen LogP contribution in [0.1, 0.15) is 20.7 Å². The molecule has 1 heterocycles. The Morgan fingerprint density at radius 1 is 1.28 bits per heavy atom. The molecule has 0 radical (unpaired) electrons. The molecular weight excluding hydrogens is 326 g/mol. The molecule has 1 aromatic carbocycles. The topological polar surface area (TPSA) is 128 Å². The van der Waals surface area contributed by atoms with Gasteiger partial charge in [0.25, 0.3) is 5.91 Å². The van der Waals surface area contributed by atoms with E-state index in [-0.39, 0.29) is 17.2 Å². The predicted molar refractivity (Wildman–Crippen MR) is 86.8 cm³/mol. The van der Waals surface area contributed by atoms with Gasteiger partial charge >= 0.3 is 5.97 Å². The van der Waals surface area contributed by atoms with Crippen molar-refractivity contribution < 1.29 is 19.1 Å². The maximum atomic E-state index is 12.5. The van der Waals surface area contributed by atoms with Crippen molar-refractivity contribution in [3.8, 4) is 12.1 Å². The van der Waals surface area contributed by atoms with Gasteiger partial charge in [-0.1, -0.05) is 0 Å². The number of benzene rings is 1. The summed E-state index contributed by atoms with van der Waals surface area (Å²) in [4.78, 5) is 26.0. The number of amides is 1. The molecule has 1 amide bonds. The molecule has 1 aliphatic heterocycles. The molecule has 0 saturated carbocycles. The van der Waals surface area contributed by atoms with Crippen LogP contribution < -0.4 is 5.43 Å². The number of carbonyl (C=O) groups excluding carboxylic acids is 2. The van der Waals surface area contributed by atoms with Crippen molar-refractivity contribution in [1.29, 1.82) is 10.5 Å². The highest BCUT2D eigenvalue weighted by molar-refractivity contribution is 6.10. The number of morpholine rings is 1. The first kappa shape index (κ1) is 17.9. The fourth-order valence-corrected chi connectivity index (χ4v) is 2.20. The monoisotopic (exact) mass is 341 g/mol. The molecule has 0 aromatic heterocycles. The fraction of sp³-hybridized carbons (Fsp3) is 0.312. The van der Waals surface area contributed by atoms with Gasteiger partial charge in [0.2, 0.25) is 5.71 Å². The molecule has 25 heavy (non-hydrogen) atoms. The molecule has 0 unspecified atom stereocenters. The maximum absolute atomic E-state index is 12.5. The largest absolute Gasteiger partial charge is 0.465 e. The number of nitrogens with one attached hydrogen (secondary N) is 1. The van der Waals surface area contributed by atoms with Crippen LogP contribution in [0, 0.1) is 22.7 Å². The summed E-state index contributed by atoms with van der Waals surface area (Å²) in [6, 6.07) is 7.55. The van der Waals surface area contributed by atoms with Gasteiger partial charge in [0.05, 0.1) is 31.6 Å². The molecule has 1 fully saturated rings. The van der Waals surface area contributed by atoms with Crippen LogP contribution in [0.15, 0.2) is 23.3 Å². The third-order valence-corrected chi connectivity index (χ3v) is 3.47. The third kappa shape index (κ3) is 4.31. The summed E-state index contributed by atoms with van der Waals surface area (Å²) in [6.07, 6.45) is 0. The van der Waals surface area contributed by atoms with Crippen LogP contribution in [-0.4, -0.2) is 55.9 Å². The van der Waals surface area contributed by atoms with Crippen molar-refractivity contribution in [3.05, 3.63) is 29.3 Å². The molecule has 0 aliphatic carbocycles. The zero-order valence-electron chi connectivity index (χ0n) is 13.5. The minimum Gasteiger partial charge on any atom is -0.465 e. The highest BCUT2D eigenvalue weighted by Crippen LogP contribution is 2.20. The summed E-state index contributed by atoms with van der Waals surface area (Å²) in [6.45, 7) is 1.89. The number of ether oxygens (including phenoxy) is 2. The van der Waals surface area contributed by atoms with E-state index in [0.717, 1.165) is 0 Å². The number of nitriles is 2. The van der Waals surface area contributed by atoms with Crippen molar-refractivity contribution in [2.45, 2.75) is 0 Å². The van der Waals surface area contributed by atoms with E-state index in [1.165, 1.54) is 25.3 Å². The minimum atomic E-state index is -0.640. The molecule has 0 atom stereocenters. The Kier molecular flexibility index (Phi) is 6.04. The van der Waals surface area contributed by atoms with Crippen LogP contribution in [0.2, 0.25) is 0 Å². The number of rotatable bonds is 4. The first-order valence-corrected chi connectivity index (χ1v) is 7.34. The Balaban J connectivity index is 2.34. The maximum Gasteiger partial charge on any atom is 0.340 e. The second-order valence-corrected chi connectivity index (χ2v) is 4.95. The molecule has 9 nitrogen and oxygen atoms in total. The lowest BCUT2D eigenvalue weighted by Crippen LogP contribution is -2.40. The van der Waals surface area contributed by atoms with Crippen LogP contribution in [-0.2, 0) is 9.47 Å². The number of methoxy groups -OCH3 is 1. The Bertz CT molecular complexity index is 769. The van der Waals surface area contributed by atoms with Gasteiger partial charge in [-0.3, -0.25) is 10.2 Å². The average Bonchev–Trinajstić information content (AvgIpc) is 2.68. The number of anilines is 1. The van der Waals surface area contributed by atoms with Gasteiger partial charge in [-0.15, -0.1) is 0 Å². The lowest BCUT2D eigenvalue weighted by Gasteiger charge is -2.27. The van der Waals surface area contributed by atoms with Gasteiger partial charge in [0.1, 0.15) is 12.1 Å². The van der Waals surface area contributed by atoms with E-state index in [9.17, 15) is 9.59 Å². The molecular formula is C16H15N5O4. The standard InChI is InChI=1S/C16H15N5O4/c1-24-16(23)13-3-2-11(15(22)21-4-6-25-7-5-21)8-14(13)20-19-12(9-17)10-18/h2-3,8,20H,4-7H2,1H3. The number of nitrogens with zero attached hydrogens (tertiary/aromatic N) is 4. The number of esters is 1. The number of carbonyl (C=O) groups is 2. The molecule has 0 bridgehead atoms. The molecule has 1 saturated heterocycles. The van der Waals surface area contributed by atoms with E-state index in [2.05, 4.69) is 15.3 Å². The van der Waals surface area contributed by atoms with Crippen molar-refractivity contribution in [3.63, 3.8) is 0 Å². The van der Waals surface area contributed by atoms with Crippen LogP contribution in [0.25, 0.3) is 0 Å². The molecule has 1 aliphatic rings. The smallest absolute Gasteiger partial charge is 0.340 e. The van der Waals surface area contributed by atoms with E-state index in [0.29, 0.717) is 31.9 Å². The Morgan fingerprint density at radius 3 is 2.56 bits per heavy atom. The Morgan fingerprint density at radius 2 is 1.96 bits per heavy atom. The van der Waals surface area contributed by atoms with Crippen molar-refractivity contribution in [2.24, 2.45) is 5.10 Å². The van der Waals surface area contributed by atoms with E-state index < -0.39 is 11.7 Å². The highest BCUT2D eigenvalue weighted by atomic mass is 16.5. The summed E-state index contributed by atoms with van der Waals surface area (Å²) >= 11 is 0. The molecule has 128 valence electrons. The SMILES string of the molecule is COC(=O)c1ccc(C(=O)N2CCOCC2)cc1NN=C(C#N)C#N. The molecule has 2 rings (SSSR count). The zero-order chi connectivity index (χ0) is 18.2. The highest BCUT2D eigenvalue weighted by Gasteiger charge is 2.21. The van der Waals surface area contributed by atoms with E-state index >= 15 is 0 Å². The molecule has 9 heteroatoms. The van der Waals surface area contributed by atoms with E-state index in [1.54, 1.807) is 17.0 Å². The lowest BCUT2D eigenvalue weighted by atomic mass is 10.1. The fourth-order valence-electron chi connectivity index (χ4n) is 2.20. The molecule has 1 aromatic rings. The van der Waals surface area contributed by atoms with Gasteiger partial charge < -0.3 is 14.4 Å². The Labute approximate surface area is 144 Å². The van der Waals surface area contributed by atoms with Gasteiger partial charge in [-0.2, -0.15) is 15.6 Å². The van der Waals surface area contributed by atoms with Gasteiger partial charge in [0.15, 0.2) is 0 Å². The number of hydrogen-bond acceptors (Lipinski definition) is 8. The van der Waals surface area contributed by atoms with Crippen molar-refractivity contribution >= 4 is 23.3 Å². The first-order chi connectivity index (χ1) is 12.1. The average molecular weight is 341 g/mol. The molecule has 1 N–H and O–H groups in total. The molecule has 0 spiro atoms. The zero-order valence-corrected chi connectivity index (χ0v) is 13.5. The van der Waals surface area contributed by atoms with Crippen molar-refractivity contribution in [1.82, 2.24) is 4.90 Å². The van der Waals surface area contributed by atoms with Gasteiger partial charge in [-0.25, -0.2) is 4.79 Å². The minimum absolute atomic E-state index is 0.125. The lowest BCUT2D eigenvalue weighted by molar-refractivity contribution is 0.0303. The summed E-state index contributed by atoms with van der Waals surface area (Å²) in [5.74, 6) is -0.855. The second-order valence-electron chi connectivity index (χ2n) is 4.95. The van der Waals surface area contributed by atoms with Crippen molar-refractivity contribution in [2.75, 3.05) is 38.8 Å². The van der Waals surface area contributed by atoms with Gasteiger partial charge in [0, 0.05) is 18.7 Å².